The SMILES string of the molecule is CNS(=O)(=O)Cc1ccc(CNC(=O)N(C)Cc2ccc(Br)s2)cc1. The maximum atomic E-state index is 12.1. The fraction of sp³-hybridized carbons (Fsp3) is 0.312. The highest BCUT2D eigenvalue weighted by molar-refractivity contribution is 9.11. The number of sulfonamides is 1. The summed E-state index contributed by atoms with van der Waals surface area (Å²) in [5, 5.41) is 2.85. The Kier molecular flexibility index (Phi) is 7.00. The molecule has 0 atom stereocenters. The molecule has 2 aromatic rings. The van der Waals surface area contributed by atoms with Crippen molar-refractivity contribution in [1.29, 1.82) is 0 Å². The number of hydrogen-bond acceptors (Lipinski definition) is 4. The molecule has 0 unspecified atom stereocenters. The lowest BCUT2D eigenvalue weighted by Gasteiger charge is -2.17. The number of carbonyl (C=O) groups is 1. The van der Waals surface area contributed by atoms with Gasteiger partial charge in [0.2, 0.25) is 10.0 Å². The summed E-state index contributed by atoms with van der Waals surface area (Å²) in [6, 6.07) is 10.9. The number of nitrogens with zero attached hydrogens (tertiary/aromatic N) is 1. The smallest absolute Gasteiger partial charge is 0.317 e. The van der Waals surface area contributed by atoms with E-state index in [1.807, 2.05) is 24.3 Å². The molecule has 1 heterocycles. The van der Waals surface area contributed by atoms with E-state index in [9.17, 15) is 13.2 Å². The van der Waals surface area contributed by atoms with Crippen LogP contribution in [0, 0.1) is 0 Å². The predicted molar refractivity (Wildman–Crippen MR) is 104 cm³/mol. The van der Waals surface area contributed by atoms with Crippen LogP contribution >= 0.6 is 27.3 Å². The molecule has 0 aliphatic heterocycles. The molecular weight excluding hydrogens is 426 g/mol. The second kappa shape index (κ2) is 8.79. The first-order valence-corrected chi connectivity index (χ1v) is 10.8. The van der Waals surface area contributed by atoms with E-state index in [0.29, 0.717) is 18.7 Å². The third kappa shape index (κ3) is 6.43. The second-order valence-electron chi connectivity index (χ2n) is 5.50. The van der Waals surface area contributed by atoms with Crippen LogP contribution in [0.4, 0.5) is 4.79 Å². The normalized spacial score (nSPS) is 11.3. The molecule has 0 spiro atoms. The quantitative estimate of drug-likeness (QED) is 0.687. The highest BCUT2D eigenvalue weighted by atomic mass is 79.9. The Morgan fingerprint density at radius 3 is 2.36 bits per heavy atom. The molecule has 0 radical (unpaired) electrons. The number of nitrogens with one attached hydrogen (secondary N) is 2. The number of benzene rings is 1. The van der Waals surface area contributed by atoms with Gasteiger partial charge in [0.15, 0.2) is 0 Å². The van der Waals surface area contributed by atoms with Gasteiger partial charge in [-0.25, -0.2) is 17.9 Å². The lowest BCUT2D eigenvalue weighted by atomic mass is 10.1. The molecule has 1 aromatic carbocycles. The number of halogens is 1. The average molecular weight is 446 g/mol. The van der Waals surface area contributed by atoms with Gasteiger partial charge in [-0.15, -0.1) is 11.3 Å². The maximum absolute atomic E-state index is 12.1. The molecule has 0 saturated carbocycles. The van der Waals surface area contributed by atoms with Crippen molar-refractivity contribution in [2.24, 2.45) is 0 Å². The van der Waals surface area contributed by atoms with E-state index in [1.165, 1.54) is 7.05 Å². The minimum Gasteiger partial charge on any atom is -0.334 e. The van der Waals surface area contributed by atoms with E-state index in [-0.39, 0.29) is 11.8 Å². The number of carbonyl (C=O) groups excluding carboxylic acids is 1. The number of urea groups is 1. The molecule has 25 heavy (non-hydrogen) atoms. The summed E-state index contributed by atoms with van der Waals surface area (Å²) in [5.74, 6) is -0.0603. The average Bonchev–Trinajstić information content (AvgIpc) is 2.98. The van der Waals surface area contributed by atoms with Crippen molar-refractivity contribution >= 4 is 43.3 Å². The standard InChI is InChI=1S/C16H20BrN3O3S2/c1-18-25(22,23)11-13-5-3-12(4-6-13)9-19-16(21)20(2)10-14-7-8-15(17)24-14/h3-8,18H,9-11H2,1-2H3,(H,19,21). The van der Waals surface area contributed by atoms with Crippen LogP contribution < -0.4 is 10.0 Å². The van der Waals surface area contributed by atoms with Gasteiger partial charge in [-0.1, -0.05) is 24.3 Å². The van der Waals surface area contributed by atoms with Gasteiger partial charge in [0.25, 0.3) is 0 Å². The Morgan fingerprint density at radius 2 is 1.80 bits per heavy atom. The van der Waals surface area contributed by atoms with Crippen LogP contribution in [0.2, 0.25) is 0 Å². The van der Waals surface area contributed by atoms with E-state index >= 15 is 0 Å². The van der Waals surface area contributed by atoms with Crippen LogP contribution in [0.15, 0.2) is 40.2 Å². The zero-order chi connectivity index (χ0) is 18.4. The van der Waals surface area contributed by atoms with E-state index in [1.54, 1.807) is 35.4 Å². The third-order valence-electron chi connectivity index (χ3n) is 3.50. The molecule has 0 bridgehead atoms. The van der Waals surface area contributed by atoms with Crippen molar-refractivity contribution in [3.63, 3.8) is 0 Å². The van der Waals surface area contributed by atoms with E-state index in [2.05, 4.69) is 26.0 Å². The highest BCUT2D eigenvalue weighted by Crippen LogP contribution is 2.22. The van der Waals surface area contributed by atoms with Gasteiger partial charge >= 0.3 is 6.03 Å². The lowest BCUT2D eigenvalue weighted by Crippen LogP contribution is -2.36. The van der Waals surface area contributed by atoms with Gasteiger partial charge in [-0.05, 0) is 46.2 Å². The number of thiophene rings is 1. The molecule has 0 aliphatic carbocycles. The lowest BCUT2D eigenvalue weighted by molar-refractivity contribution is 0.207. The molecule has 2 N–H and O–H groups in total. The topological polar surface area (TPSA) is 78.5 Å². The van der Waals surface area contributed by atoms with Crippen LogP contribution in [-0.4, -0.2) is 33.4 Å². The summed E-state index contributed by atoms with van der Waals surface area (Å²) in [7, 11) is -0.141. The first-order valence-electron chi connectivity index (χ1n) is 7.51. The van der Waals surface area contributed by atoms with E-state index < -0.39 is 10.0 Å². The van der Waals surface area contributed by atoms with Crippen molar-refractivity contribution in [1.82, 2.24) is 14.9 Å². The molecule has 136 valence electrons. The molecular formula is C16H20BrN3O3S2. The van der Waals surface area contributed by atoms with E-state index in [4.69, 9.17) is 0 Å². The predicted octanol–water partition coefficient (Wildman–Crippen LogP) is 2.90. The third-order valence-corrected chi connectivity index (χ3v) is 6.45. The summed E-state index contributed by atoms with van der Waals surface area (Å²) in [4.78, 5) is 14.9. The van der Waals surface area contributed by atoms with Crippen LogP contribution in [0.1, 0.15) is 16.0 Å². The minimum atomic E-state index is -3.28. The van der Waals surface area contributed by atoms with Gasteiger partial charge in [0.1, 0.15) is 0 Å². The minimum absolute atomic E-state index is 0.0603. The fourth-order valence-corrected chi connectivity index (χ4v) is 4.41. The number of amides is 2. The summed E-state index contributed by atoms with van der Waals surface area (Å²) in [6.07, 6.45) is 0. The van der Waals surface area contributed by atoms with Crippen molar-refractivity contribution in [3.05, 3.63) is 56.2 Å². The first kappa shape index (κ1) is 19.9. The molecule has 2 amide bonds. The van der Waals surface area contributed by atoms with Gasteiger partial charge in [-0.3, -0.25) is 0 Å². The van der Waals surface area contributed by atoms with E-state index in [0.717, 1.165) is 14.2 Å². The molecule has 1 aromatic heterocycles. The van der Waals surface area contributed by atoms with Crippen molar-refractivity contribution < 1.29 is 13.2 Å². The van der Waals surface area contributed by atoms with Crippen LogP contribution in [0.5, 0.6) is 0 Å². The Hall–Kier alpha value is -1.42. The van der Waals surface area contributed by atoms with Gasteiger partial charge < -0.3 is 10.2 Å². The van der Waals surface area contributed by atoms with Crippen LogP contribution in [0.25, 0.3) is 0 Å². The Morgan fingerprint density at radius 1 is 1.16 bits per heavy atom. The highest BCUT2D eigenvalue weighted by Gasteiger charge is 2.11. The molecule has 9 heteroatoms. The summed E-state index contributed by atoms with van der Waals surface area (Å²) in [6.45, 7) is 0.930. The zero-order valence-electron chi connectivity index (χ0n) is 14.0. The van der Waals surface area contributed by atoms with Gasteiger partial charge in [0, 0.05) is 18.5 Å². The van der Waals surface area contributed by atoms with Crippen molar-refractivity contribution in [2.45, 2.75) is 18.8 Å². The molecule has 2 rings (SSSR count). The Labute approximate surface area is 160 Å². The second-order valence-corrected chi connectivity index (χ2v) is 9.97. The van der Waals surface area contributed by atoms with Crippen molar-refractivity contribution in [3.8, 4) is 0 Å². The monoisotopic (exact) mass is 445 g/mol. The first-order chi connectivity index (χ1) is 11.8. The Balaban J connectivity index is 1.84. The summed E-state index contributed by atoms with van der Waals surface area (Å²) >= 11 is 5.00. The number of hydrogen-bond donors (Lipinski definition) is 2. The van der Waals surface area contributed by atoms with Gasteiger partial charge in [0.05, 0.1) is 16.1 Å². The number of rotatable bonds is 7. The Bertz CT molecular complexity index is 819. The maximum Gasteiger partial charge on any atom is 0.317 e. The summed E-state index contributed by atoms with van der Waals surface area (Å²) < 4.78 is 26.4. The molecule has 6 nitrogen and oxygen atoms in total. The largest absolute Gasteiger partial charge is 0.334 e. The molecule has 0 aliphatic rings. The molecule has 0 fully saturated rings. The van der Waals surface area contributed by atoms with Crippen LogP contribution in [-0.2, 0) is 28.9 Å². The van der Waals surface area contributed by atoms with Crippen LogP contribution in [0.3, 0.4) is 0 Å². The molecule has 0 saturated heterocycles. The summed E-state index contributed by atoms with van der Waals surface area (Å²) in [5.41, 5.74) is 1.61. The fourth-order valence-electron chi connectivity index (χ4n) is 2.10. The van der Waals surface area contributed by atoms with Gasteiger partial charge in [-0.2, -0.15) is 0 Å². The zero-order valence-corrected chi connectivity index (χ0v) is 17.2. The van der Waals surface area contributed by atoms with Crippen molar-refractivity contribution in [2.75, 3.05) is 14.1 Å².